The number of hydrogen-bond donors (Lipinski definition) is 1. The van der Waals surface area contributed by atoms with Crippen LogP contribution in [0.5, 0.6) is 0 Å². The van der Waals surface area contributed by atoms with Crippen molar-refractivity contribution < 1.29 is 5.11 Å². The molecular formula is C24H40O. The van der Waals surface area contributed by atoms with Crippen LogP contribution in [-0.2, 0) is 0 Å². The Balaban J connectivity index is 1.59. The van der Waals surface area contributed by atoms with Gasteiger partial charge in [0.25, 0.3) is 0 Å². The van der Waals surface area contributed by atoms with E-state index in [-0.39, 0.29) is 6.10 Å². The summed E-state index contributed by atoms with van der Waals surface area (Å²) in [7, 11) is 0. The van der Waals surface area contributed by atoms with E-state index < -0.39 is 0 Å². The molecule has 0 saturated heterocycles. The molecule has 4 aliphatic rings. The largest absolute Gasteiger partial charge is 0.389 e. The highest BCUT2D eigenvalue weighted by molar-refractivity contribution is 5.25. The van der Waals surface area contributed by atoms with Crippen molar-refractivity contribution in [3.63, 3.8) is 0 Å². The number of rotatable bonds is 3. The maximum absolute atomic E-state index is 10.1. The molecule has 1 nitrogen and oxygen atoms in total. The predicted octanol–water partition coefficient (Wildman–Crippen LogP) is 6.36. The number of hydrogen-bond acceptors (Lipinski definition) is 1. The van der Waals surface area contributed by atoms with Crippen LogP contribution < -0.4 is 0 Å². The molecule has 3 saturated carbocycles. The third kappa shape index (κ3) is 2.67. The summed E-state index contributed by atoms with van der Waals surface area (Å²) >= 11 is 0. The Morgan fingerprint density at radius 3 is 2.64 bits per heavy atom. The van der Waals surface area contributed by atoms with Crippen molar-refractivity contribution in [3.8, 4) is 0 Å². The molecule has 0 radical (unpaired) electrons. The third-order valence-corrected chi connectivity index (χ3v) is 9.59. The number of aliphatic hydroxyl groups is 1. The van der Waals surface area contributed by atoms with Gasteiger partial charge in [0.2, 0.25) is 0 Å². The van der Waals surface area contributed by atoms with Gasteiger partial charge in [-0.05, 0) is 91.8 Å². The first-order chi connectivity index (χ1) is 11.9. The summed E-state index contributed by atoms with van der Waals surface area (Å²) < 4.78 is 0. The number of allylic oxidation sites excluding steroid dienone is 1. The van der Waals surface area contributed by atoms with Gasteiger partial charge in [-0.2, -0.15) is 0 Å². The van der Waals surface area contributed by atoms with Crippen LogP contribution in [0.25, 0.3) is 0 Å². The molecule has 0 spiro atoms. The maximum Gasteiger partial charge on any atom is 0.0724 e. The normalized spacial score (nSPS) is 50.4. The fraction of sp³-hybridized carbons (Fsp3) is 0.917. The molecule has 0 bridgehead atoms. The minimum absolute atomic E-state index is 0.167. The van der Waals surface area contributed by atoms with Gasteiger partial charge in [0.1, 0.15) is 0 Å². The van der Waals surface area contributed by atoms with Crippen molar-refractivity contribution in [2.24, 2.45) is 40.4 Å². The molecule has 8 atom stereocenters. The van der Waals surface area contributed by atoms with Crippen molar-refractivity contribution in [2.75, 3.05) is 0 Å². The number of fused-ring (bicyclic) bond motifs is 5. The zero-order valence-corrected chi connectivity index (χ0v) is 17.1. The summed E-state index contributed by atoms with van der Waals surface area (Å²) in [5.41, 5.74) is 2.63. The summed E-state index contributed by atoms with van der Waals surface area (Å²) in [6.07, 6.45) is 15.6. The Kier molecular flexibility index (Phi) is 4.63. The van der Waals surface area contributed by atoms with Crippen LogP contribution in [-0.4, -0.2) is 11.2 Å². The first-order valence-corrected chi connectivity index (χ1v) is 11.3. The van der Waals surface area contributed by atoms with Crippen LogP contribution in [0.3, 0.4) is 0 Å². The van der Waals surface area contributed by atoms with Crippen LogP contribution in [0.4, 0.5) is 0 Å². The van der Waals surface area contributed by atoms with E-state index in [0.717, 1.165) is 36.0 Å². The van der Waals surface area contributed by atoms with E-state index in [0.29, 0.717) is 10.8 Å². The van der Waals surface area contributed by atoms with Crippen LogP contribution in [0.1, 0.15) is 91.9 Å². The fourth-order valence-electron chi connectivity index (χ4n) is 8.34. The standard InChI is InChI=1S/C24H40O/c1-5-6-16(2)20-9-10-21-19-8-7-17-15-18(25)11-13-23(17,3)22(19)12-14-24(20,21)4/h15-16,18-22,25H,5-14H2,1-4H3/t16?,18?,19?,20-,21?,22?,23+,24-/m1/s1. The molecule has 5 unspecified atom stereocenters. The first-order valence-electron chi connectivity index (χ1n) is 11.3. The zero-order valence-electron chi connectivity index (χ0n) is 17.1. The van der Waals surface area contributed by atoms with Gasteiger partial charge in [0.05, 0.1) is 6.10 Å². The minimum Gasteiger partial charge on any atom is -0.389 e. The Morgan fingerprint density at radius 1 is 1.08 bits per heavy atom. The van der Waals surface area contributed by atoms with Gasteiger partial charge in [-0.25, -0.2) is 0 Å². The Hall–Kier alpha value is -0.300. The lowest BCUT2D eigenvalue weighted by Gasteiger charge is -2.59. The molecule has 1 heteroatoms. The van der Waals surface area contributed by atoms with Gasteiger partial charge in [0.15, 0.2) is 0 Å². The lowest BCUT2D eigenvalue weighted by atomic mass is 9.46. The highest BCUT2D eigenvalue weighted by Gasteiger charge is 2.59. The molecule has 0 heterocycles. The molecule has 1 N–H and O–H groups in total. The lowest BCUT2D eigenvalue weighted by Crippen LogP contribution is -2.51. The molecular weight excluding hydrogens is 304 g/mol. The van der Waals surface area contributed by atoms with Crippen molar-refractivity contribution in [2.45, 2.75) is 98.0 Å². The van der Waals surface area contributed by atoms with Crippen molar-refractivity contribution in [1.29, 1.82) is 0 Å². The molecule has 0 aromatic rings. The van der Waals surface area contributed by atoms with E-state index in [9.17, 15) is 5.11 Å². The SMILES string of the molecule is CCCC(C)[C@H]1CCC2C3CCC4=CC(O)CC[C@]4(C)C3CC[C@@]21C. The fourth-order valence-corrected chi connectivity index (χ4v) is 8.34. The van der Waals surface area contributed by atoms with Crippen LogP contribution in [0, 0.1) is 40.4 Å². The lowest BCUT2D eigenvalue weighted by molar-refractivity contribution is -0.0625. The monoisotopic (exact) mass is 344 g/mol. The summed E-state index contributed by atoms with van der Waals surface area (Å²) in [6, 6.07) is 0. The van der Waals surface area contributed by atoms with Gasteiger partial charge in [-0.15, -0.1) is 0 Å². The molecule has 0 aromatic heterocycles. The Bertz CT molecular complexity index is 536. The summed E-state index contributed by atoms with van der Waals surface area (Å²) in [5, 5.41) is 10.1. The van der Waals surface area contributed by atoms with E-state index in [1.165, 1.54) is 57.8 Å². The van der Waals surface area contributed by atoms with Crippen molar-refractivity contribution in [3.05, 3.63) is 11.6 Å². The molecule has 0 amide bonds. The highest BCUT2D eigenvalue weighted by atomic mass is 16.3. The second kappa shape index (κ2) is 6.39. The van der Waals surface area contributed by atoms with E-state index in [2.05, 4.69) is 33.8 Å². The van der Waals surface area contributed by atoms with E-state index in [1.807, 2.05) is 0 Å². The Morgan fingerprint density at radius 2 is 1.88 bits per heavy atom. The molecule has 4 rings (SSSR count). The average molecular weight is 345 g/mol. The zero-order chi connectivity index (χ0) is 17.8. The van der Waals surface area contributed by atoms with Crippen molar-refractivity contribution >= 4 is 0 Å². The van der Waals surface area contributed by atoms with Crippen LogP contribution in [0.15, 0.2) is 11.6 Å². The molecule has 0 aromatic carbocycles. The number of aliphatic hydroxyl groups excluding tert-OH is 1. The van der Waals surface area contributed by atoms with Gasteiger partial charge in [-0.1, -0.05) is 52.2 Å². The van der Waals surface area contributed by atoms with Gasteiger partial charge < -0.3 is 5.11 Å². The highest BCUT2D eigenvalue weighted by Crippen LogP contribution is 2.67. The van der Waals surface area contributed by atoms with Crippen molar-refractivity contribution in [1.82, 2.24) is 0 Å². The van der Waals surface area contributed by atoms with E-state index in [4.69, 9.17) is 0 Å². The molecule has 3 fully saturated rings. The van der Waals surface area contributed by atoms with Gasteiger partial charge in [-0.3, -0.25) is 0 Å². The minimum atomic E-state index is -0.167. The topological polar surface area (TPSA) is 20.2 Å². The average Bonchev–Trinajstić information content (AvgIpc) is 2.93. The summed E-state index contributed by atoms with van der Waals surface area (Å²) in [5.74, 6) is 4.70. The predicted molar refractivity (Wildman–Crippen MR) is 105 cm³/mol. The summed E-state index contributed by atoms with van der Waals surface area (Å²) in [6.45, 7) is 10.1. The molecule has 0 aliphatic heterocycles. The quantitative estimate of drug-likeness (QED) is 0.590. The first kappa shape index (κ1) is 18.1. The molecule has 25 heavy (non-hydrogen) atoms. The second-order valence-corrected chi connectivity index (χ2v) is 10.6. The van der Waals surface area contributed by atoms with Gasteiger partial charge in [0, 0.05) is 0 Å². The maximum atomic E-state index is 10.1. The molecule has 4 aliphatic carbocycles. The third-order valence-electron chi connectivity index (χ3n) is 9.59. The second-order valence-electron chi connectivity index (χ2n) is 10.6. The Labute approximate surface area is 155 Å². The molecule has 142 valence electrons. The van der Waals surface area contributed by atoms with Crippen LogP contribution >= 0.6 is 0 Å². The smallest absolute Gasteiger partial charge is 0.0724 e. The van der Waals surface area contributed by atoms with Gasteiger partial charge >= 0.3 is 0 Å². The van der Waals surface area contributed by atoms with E-state index in [1.54, 1.807) is 5.57 Å². The van der Waals surface area contributed by atoms with Crippen LogP contribution in [0.2, 0.25) is 0 Å². The van der Waals surface area contributed by atoms with E-state index >= 15 is 0 Å². The summed E-state index contributed by atoms with van der Waals surface area (Å²) in [4.78, 5) is 0.